The lowest BCUT2D eigenvalue weighted by molar-refractivity contribution is 0.101. The maximum absolute atomic E-state index is 13.4. The molecule has 0 bridgehead atoms. The minimum atomic E-state index is -0.465. The molecule has 4 aromatic rings. The van der Waals surface area contributed by atoms with Crippen LogP contribution in [-0.4, -0.2) is 41.0 Å². The quantitative estimate of drug-likeness (QED) is 0.412. The molecule has 2 heterocycles. The van der Waals surface area contributed by atoms with E-state index < -0.39 is 5.91 Å². The molecular weight excluding hydrogens is 419 g/mol. The molecule has 4 rings (SSSR count). The summed E-state index contributed by atoms with van der Waals surface area (Å²) in [5, 5.41) is 9.08. The Kier molecular flexibility index (Phi) is 6.34. The number of aromatic nitrogens is 3. The van der Waals surface area contributed by atoms with Crippen LogP contribution >= 0.6 is 11.3 Å². The third-order valence-corrected chi connectivity index (χ3v) is 5.14. The van der Waals surface area contributed by atoms with E-state index in [1.165, 1.54) is 28.2 Å². The monoisotopic (exact) mass is 438 g/mol. The smallest absolute Gasteiger partial charge is 0.295 e. The molecule has 7 nitrogen and oxygen atoms in total. The number of nitrogens with one attached hydrogen (secondary N) is 1. The Labute approximate surface area is 182 Å². The van der Waals surface area contributed by atoms with E-state index in [0.29, 0.717) is 36.2 Å². The molecule has 2 aromatic carbocycles. The zero-order chi connectivity index (χ0) is 21.6. The van der Waals surface area contributed by atoms with Crippen LogP contribution in [0, 0.1) is 5.82 Å². The zero-order valence-corrected chi connectivity index (χ0v) is 17.4. The number of hydrogen-bond acceptors (Lipinski definition) is 6. The molecule has 0 radical (unpaired) electrons. The summed E-state index contributed by atoms with van der Waals surface area (Å²) in [6, 6.07) is 16.7. The highest BCUT2D eigenvalue weighted by Crippen LogP contribution is 2.26. The number of ether oxygens (including phenoxy) is 2. The number of hydrogen-bond donors (Lipinski definition) is 1. The van der Waals surface area contributed by atoms with Gasteiger partial charge in [-0.05, 0) is 47.8 Å². The first kappa shape index (κ1) is 20.7. The van der Waals surface area contributed by atoms with E-state index in [1.54, 1.807) is 43.5 Å². The molecule has 0 aliphatic rings. The predicted molar refractivity (Wildman–Crippen MR) is 116 cm³/mol. The highest BCUT2D eigenvalue weighted by Gasteiger charge is 2.19. The summed E-state index contributed by atoms with van der Waals surface area (Å²) >= 11 is 1.47. The molecule has 0 saturated heterocycles. The van der Waals surface area contributed by atoms with Gasteiger partial charge in [-0.25, -0.2) is 14.1 Å². The van der Waals surface area contributed by atoms with E-state index in [-0.39, 0.29) is 11.6 Å². The number of carbonyl (C=O) groups excluding carboxylic acids is 1. The fourth-order valence-electron chi connectivity index (χ4n) is 2.83. The minimum Gasteiger partial charge on any atom is -0.491 e. The Balaban J connectivity index is 1.59. The SMILES string of the molecule is COCCOc1cccc(NC(=O)c2nc(-c3cccs3)n(-c3ccc(F)cc3)n2)c1. The normalized spacial score (nSPS) is 10.8. The van der Waals surface area contributed by atoms with Crippen molar-refractivity contribution in [1.29, 1.82) is 0 Å². The van der Waals surface area contributed by atoms with Gasteiger partial charge < -0.3 is 14.8 Å². The van der Waals surface area contributed by atoms with Gasteiger partial charge in [0.05, 0.1) is 17.2 Å². The van der Waals surface area contributed by atoms with Crippen LogP contribution in [0.3, 0.4) is 0 Å². The first-order chi connectivity index (χ1) is 15.1. The highest BCUT2D eigenvalue weighted by molar-refractivity contribution is 7.13. The third kappa shape index (κ3) is 4.96. The first-order valence-electron chi connectivity index (χ1n) is 9.44. The van der Waals surface area contributed by atoms with Crippen molar-refractivity contribution in [3.05, 3.63) is 77.7 Å². The maximum Gasteiger partial charge on any atom is 0.295 e. The summed E-state index contributed by atoms with van der Waals surface area (Å²) < 4.78 is 25.4. The van der Waals surface area contributed by atoms with Crippen molar-refractivity contribution in [2.75, 3.05) is 25.6 Å². The van der Waals surface area contributed by atoms with Gasteiger partial charge in [-0.2, -0.15) is 0 Å². The van der Waals surface area contributed by atoms with Crippen molar-refractivity contribution < 1.29 is 18.7 Å². The van der Waals surface area contributed by atoms with E-state index >= 15 is 0 Å². The van der Waals surface area contributed by atoms with Crippen LogP contribution in [0.4, 0.5) is 10.1 Å². The van der Waals surface area contributed by atoms with E-state index in [0.717, 1.165) is 4.88 Å². The average Bonchev–Trinajstić information content (AvgIpc) is 3.45. The largest absolute Gasteiger partial charge is 0.491 e. The average molecular weight is 438 g/mol. The van der Waals surface area contributed by atoms with Crippen LogP contribution in [0.5, 0.6) is 5.75 Å². The number of carbonyl (C=O) groups is 1. The van der Waals surface area contributed by atoms with Crippen molar-refractivity contribution in [3.63, 3.8) is 0 Å². The molecule has 0 spiro atoms. The summed E-state index contributed by atoms with van der Waals surface area (Å²) in [4.78, 5) is 18.1. The Morgan fingerprint density at radius 1 is 1.13 bits per heavy atom. The number of methoxy groups -OCH3 is 1. The molecule has 2 aromatic heterocycles. The number of amides is 1. The standard InChI is InChI=1S/C22H19FN4O3S/c1-29-11-12-30-18-5-2-4-16(14-18)24-22(28)20-25-21(19-6-3-13-31-19)27(26-20)17-9-7-15(23)8-10-17/h2-10,13-14H,11-12H2,1H3,(H,24,28). The topological polar surface area (TPSA) is 78.3 Å². The van der Waals surface area contributed by atoms with Gasteiger partial charge in [0.2, 0.25) is 5.82 Å². The molecule has 0 unspecified atom stereocenters. The molecule has 0 fully saturated rings. The molecule has 1 N–H and O–H groups in total. The fraction of sp³-hybridized carbons (Fsp3) is 0.136. The fourth-order valence-corrected chi connectivity index (χ4v) is 3.53. The van der Waals surface area contributed by atoms with Crippen molar-refractivity contribution >= 4 is 22.9 Å². The molecule has 1 amide bonds. The first-order valence-corrected chi connectivity index (χ1v) is 10.3. The summed E-state index contributed by atoms with van der Waals surface area (Å²) in [6.45, 7) is 0.870. The minimum absolute atomic E-state index is 0.00145. The number of nitrogens with zero attached hydrogens (tertiary/aromatic N) is 3. The number of thiophene rings is 1. The van der Waals surface area contributed by atoms with Crippen molar-refractivity contribution in [3.8, 4) is 22.1 Å². The molecule has 31 heavy (non-hydrogen) atoms. The van der Waals surface area contributed by atoms with Gasteiger partial charge in [0.15, 0.2) is 5.82 Å². The molecule has 0 atom stereocenters. The summed E-state index contributed by atoms with van der Waals surface area (Å²) in [7, 11) is 1.60. The lowest BCUT2D eigenvalue weighted by Crippen LogP contribution is -2.14. The van der Waals surface area contributed by atoms with Gasteiger partial charge in [0, 0.05) is 18.9 Å². The predicted octanol–water partition coefficient (Wildman–Crippen LogP) is 4.41. The number of rotatable bonds is 8. The second-order valence-electron chi connectivity index (χ2n) is 6.45. The highest BCUT2D eigenvalue weighted by atomic mass is 32.1. The molecule has 9 heteroatoms. The second-order valence-corrected chi connectivity index (χ2v) is 7.40. The van der Waals surface area contributed by atoms with Crippen LogP contribution < -0.4 is 10.1 Å². The van der Waals surface area contributed by atoms with Gasteiger partial charge in [-0.15, -0.1) is 16.4 Å². The number of anilines is 1. The van der Waals surface area contributed by atoms with Crippen molar-refractivity contribution in [2.24, 2.45) is 0 Å². The van der Waals surface area contributed by atoms with Crippen LogP contribution in [0.15, 0.2) is 66.0 Å². The molecule has 158 valence electrons. The summed E-state index contributed by atoms with van der Waals surface area (Å²) in [5.74, 6) is 0.292. The van der Waals surface area contributed by atoms with Gasteiger partial charge in [0.25, 0.3) is 5.91 Å². The van der Waals surface area contributed by atoms with Gasteiger partial charge in [-0.1, -0.05) is 12.1 Å². The van der Waals surface area contributed by atoms with Crippen molar-refractivity contribution in [2.45, 2.75) is 0 Å². The molecule has 0 saturated carbocycles. The van der Waals surface area contributed by atoms with Gasteiger partial charge in [-0.3, -0.25) is 4.79 Å². The van der Waals surface area contributed by atoms with E-state index in [9.17, 15) is 9.18 Å². The zero-order valence-electron chi connectivity index (χ0n) is 16.6. The lowest BCUT2D eigenvalue weighted by Gasteiger charge is -2.08. The Morgan fingerprint density at radius 3 is 2.71 bits per heavy atom. The van der Waals surface area contributed by atoms with Gasteiger partial charge in [0.1, 0.15) is 18.2 Å². The number of halogens is 1. The number of benzene rings is 2. The Hall–Kier alpha value is -3.56. The summed E-state index contributed by atoms with van der Waals surface area (Å²) in [5.41, 5.74) is 1.15. The maximum atomic E-state index is 13.4. The van der Waals surface area contributed by atoms with Gasteiger partial charge >= 0.3 is 0 Å². The van der Waals surface area contributed by atoms with Crippen LogP contribution in [-0.2, 0) is 4.74 Å². The summed E-state index contributed by atoms with van der Waals surface area (Å²) in [6.07, 6.45) is 0. The van der Waals surface area contributed by atoms with Crippen molar-refractivity contribution in [1.82, 2.24) is 14.8 Å². The van der Waals surface area contributed by atoms with E-state index in [2.05, 4.69) is 15.4 Å². The molecule has 0 aliphatic heterocycles. The van der Waals surface area contributed by atoms with Crippen LogP contribution in [0.1, 0.15) is 10.6 Å². The van der Waals surface area contributed by atoms with E-state index in [4.69, 9.17) is 9.47 Å². The third-order valence-electron chi connectivity index (χ3n) is 4.27. The van der Waals surface area contributed by atoms with E-state index in [1.807, 2.05) is 17.5 Å². The lowest BCUT2D eigenvalue weighted by atomic mass is 10.3. The molecular formula is C22H19FN4O3S. The second kappa shape index (κ2) is 9.50. The van der Waals surface area contributed by atoms with Crippen LogP contribution in [0.2, 0.25) is 0 Å². The van der Waals surface area contributed by atoms with Crippen LogP contribution in [0.25, 0.3) is 16.4 Å². The molecule has 0 aliphatic carbocycles. The Morgan fingerprint density at radius 2 is 1.97 bits per heavy atom. The Bertz CT molecular complexity index is 1160.